The number of carbonyl (C=O) groups is 1. The molecule has 1 amide bonds. The van der Waals surface area contributed by atoms with Gasteiger partial charge in [0.25, 0.3) is 0 Å². The van der Waals surface area contributed by atoms with Crippen molar-refractivity contribution < 1.29 is 9.53 Å². The Balaban J connectivity index is 1.58. The van der Waals surface area contributed by atoms with Crippen molar-refractivity contribution >= 4 is 29.1 Å². The lowest BCUT2D eigenvalue weighted by molar-refractivity contribution is -0.106. The van der Waals surface area contributed by atoms with Gasteiger partial charge in [-0.15, -0.1) is 0 Å². The van der Waals surface area contributed by atoms with Crippen molar-refractivity contribution in [1.82, 2.24) is 14.9 Å². The first kappa shape index (κ1) is 24.6. The SMILES string of the molecule is CCOc1ccc(N(C=O)c2c(C)c(NCCCNC3CCCCC3)c(C#N)c3ccnn23)cc1. The Bertz CT molecular complexity index is 1180. The molecule has 1 aliphatic rings. The van der Waals surface area contributed by atoms with Gasteiger partial charge in [0.1, 0.15) is 23.2 Å². The molecule has 35 heavy (non-hydrogen) atoms. The van der Waals surface area contributed by atoms with Crippen molar-refractivity contribution in [1.29, 1.82) is 5.26 Å². The zero-order chi connectivity index (χ0) is 24.6. The molecule has 0 atom stereocenters. The average molecular weight is 475 g/mol. The summed E-state index contributed by atoms with van der Waals surface area (Å²) in [6.45, 7) is 6.09. The van der Waals surface area contributed by atoms with E-state index in [4.69, 9.17) is 4.74 Å². The van der Waals surface area contributed by atoms with Crippen molar-refractivity contribution in [2.75, 3.05) is 29.9 Å². The predicted molar refractivity (Wildman–Crippen MR) is 138 cm³/mol. The van der Waals surface area contributed by atoms with Crippen LogP contribution in [-0.2, 0) is 4.79 Å². The molecule has 1 aromatic carbocycles. The summed E-state index contributed by atoms with van der Waals surface area (Å²) in [6.07, 6.45) is 9.88. The highest BCUT2D eigenvalue weighted by atomic mass is 16.5. The molecule has 4 rings (SSSR count). The quantitative estimate of drug-likeness (QED) is 0.302. The number of nitrogens with one attached hydrogen (secondary N) is 2. The molecule has 0 spiro atoms. The van der Waals surface area contributed by atoms with E-state index in [0.717, 1.165) is 42.9 Å². The van der Waals surface area contributed by atoms with Gasteiger partial charge < -0.3 is 15.4 Å². The topological polar surface area (TPSA) is 94.7 Å². The van der Waals surface area contributed by atoms with Crippen LogP contribution in [0.15, 0.2) is 36.5 Å². The van der Waals surface area contributed by atoms with E-state index in [1.54, 1.807) is 21.7 Å². The molecule has 8 nitrogen and oxygen atoms in total. The predicted octanol–water partition coefficient (Wildman–Crippen LogP) is 4.93. The van der Waals surface area contributed by atoms with E-state index >= 15 is 0 Å². The third kappa shape index (κ3) is 5.41. The van der Waals surface area contributed by atoms with Gasteiger partial charge in [-0.25, -0.2) is 4.52 Å². The Morgan fingerprint density at radius 3 is 2.66 bits per heavy atom. The number of anilines is 3. The molecule has 184 valence electrons. The lowest BCUT2D eigenvalue weighted by Crippen LogP contribution is -2.32. The van der Waals surface area contributed by atoms with E-state index < -0.39 is 0 Å². The molecule has 0 bridgehead atoms. The molecule has 0 unspecified atom stereocenters. The average Bonchev–Trinajstić information content (AvgIpc) is 3.37. The Labute approximate surface area is 206 Å². The largest absolute Gasteiger partial charge is 0.494 e. The first-order chi connectivity index (χ1) is 17.2. The monoisotopic (exact) mass is 474 g/mol. The molecular formula is C27H34N6O2. The highest BCUT2D eigenvalue weighted by Gasteiger charge is 2.23. The van der Waals surface area contributed by atoms with Crippen LogP contribution in [0.4, 0.5) is 17.2 Å². The normalized spacial score (nSPS) is 14.0. The minimum absolute atomic E-state index is 0.529. The molecule has 1 saturated carbocycles. The molecule has 2 heterocycles. The van der Waals surface area contributed by atoms with Crippen molar-refractivity contribution in [3.63, 3.8) is 0 Å². The van der Waals surface area contributed by atoms with Gasteiger partial charge in [0.05, 0.1) is 29.7 Å². The van der Waals surface area contributed by atoms with E-state index in [0.29, 0.717) is 35.2 Å². The van der Waals surface area contributed by atoms with Gasteiger partial charge in [-0.1, -0.05) is 19.3 Å². The van der Waals surface area contributed by atoms with Crippen molar-refractivity contribution in [2.45, 2.75) is 58.4 Å². The van der Waals surface area contributed by atoms with Crippen molar-refractivity contribution in [2.24, 2.45) is 0 Å². The van der Waals surface area contributed by atoms with Crippen LogP contribution in [0, 0.1) is 18.3 Å². The zero-order valence-electron chi connectivity index (χ0n) is 20.6. The maximum Gasteiger partial charge on any atom is 0.219 e. The summed E-state index contributed by atoms with van der Waals surface area (Å²) in [5, 5.41) is 21.6. The highest BCUT2D eigenvalue weighted by molar-refractivity contribution is 5.91. The number of aromatic nitrogens is 2. The van der Waals surface area contributed by atoms with E-state index in [9.17, 15) is 10.1 Å². The molecule has 0 radical (unpaired) electrons. The molecule has 2 aromatic heterocycles. The Kier molecular flexibility index (Phi) is 8.22. The minimum Gasteiger partial charge on any atom is -0.494 e. The van der Waals surface area contributed by atoms with Gasteiger partial charge in [-0.05, 0) is 70.0 Å². The summed E-state index contributed by atoms with van der Waals surface area (Å²) < 4.78 is 7.20. The second-order valence-electron chi connectivity index (χ2n) is 8.91. The number of pyridine rings is 1. The van der Waals surface area contributed by atoms with Crippen LogP contribution in [0.2, 0.25) is 0 Å². The van der Waals surface area contributed by atoms with E-state index in [1.165, 1.54) is 32.1 Å². The standard InChI is InChI=1S/C27H34N6O2/c1-3-35-23-12-10-22(11-13-23)32(19-34)27-20(2)26(24(18-28)25-14-17-31-33(25)27)30-16-7-15-29-21-8-5-4-6-9-21/h10-14,17,19,21,29-30H,3-9,15-16H2,1-2H3. The fraction of sp³-hybridized carbons (Fsp3) is 0.444. The van der Waals surface area contributed by atoms with Crippen LogP contribution >= 0.6 is 0 Å². The number of amides is 1. The number of nitriles is 1. The summed E-state index contributed by atoms with van der Waals surface area (Å²) >= 11 is 0. The maximum absolute atomic E-state index is 12.3. The number of hydrogen-bond donors (Lipinski definition) is 2. The van der Waals surface area contributed by atoms with E-state index in [2.05, 4.69) is 21.8 Å². The van der Waals surface area contributed by atoms with Gasteiger partial charge in [-0.2, -0.15) is 10.4 Å². The van der Waals surface area contributed by atoms with Gasteiger partial charge >= 0.3 is 0 Å². The summed E-state index contributed by atoms with van der Waals surface area (Å²) in [7, 11) is 0. The molecular weight excluding hydrogens is 440 g/mol. The molecule has 0 saturated heterocycles. The number of benzene rings is 1. The first-order valence-electron chi connectivity index (χ1n) is 12.5. The number of rotatable bonds is 11. The summed E-state index contributed by atoms with van der Waals surface area (Å²) in [5.74, 6) is 1.35. The second kappa shape index (κ2) is 11.7. The summed E-state index contributed by atoms with van der Waals surface area (Å²) in [6, 6.07) is 12.1. The first-order valence-corrected chi connectivity index (χ1v) is 12.5. The van der Waals surface area contributed by atoms with Crippen molar-refractivity contribution in [3.05, 3.63) is 47.7 Å². The minimum atomic E-state index is 0.529. The summed E-state index contributed by atoms with van der Waals surface area (Å²) in [5.41, 5.74) is 3.41. The lowest BCUT2D eigenvalue weighted by Gasteiger charge is -2.25. The van der Waals surface area contributed by atoms with Crippen molar-refractivity contribution in [3.8, 4) is 11.8 Å². The van der Waals surface area contributed by atoms with Crippen LogP contribution in [0.5, 0.6) is 5.75 Å². The van der Waals surface area contributed by atoms with Gasteiger partial charge in [0.2, 0.25) is 6.41 Å². The van der Waals surface area contributed by atoms with E-state index in [-0.39, 0.29) is 0 Å². The third-order valence-electron chi connectivity index (χ3n) is 6.62. The van der Waals surface area contributed by atoms with Gasteiger partial charge in [0, 0.05) is 18.2 Å². The van der Waals surface area contributed by atoms with Crippen LogP contribution in [-0.4, -0.2) is 41.8 Å². The van der Waals surface area contributed by atoms with Gasteiger partial charge in [-0.3, -0.25) is 9.69 Å². The lowest BCUT2D eigenvalue weighted by atomic mass is 9.95. The number of carbonyl (C=O) groups excluding carboxylic acids is 1. The highest BCUT2D eigenvalue weighted by Crippen LogP contribution is 2.36. The Morgan fingerprint density at radius 1 is 1.20 bits per heavy atom. The fourth-order valence-corrected chi connectivity index (χ4v) is 4.88. The van der Waals surface area contributed by atoms with Crippen LogP contribution in [0.25, 0.3) is 5.52 Å². The zero-order valence-corrected chi connectivity index (χ0v) is 20.6. The second-order valence-corrected chi connectivity index (χ2v) is 8.91. The van der Waals surface area contributed by atoms with E-state index in [1.807, 2.05) is 38.1 Å². The Hall–Kier alpha value is -3.57. The Morgan fingerprint density at radius 2 is 1.97 bits per heavy atom. The molecule has 0 aliphatic heterocycles. The third-order valence-corrected chi connectivity index (χ3v) is 6.62. The smallest absolute Gasteiger partial charge is 0.219 e. The number of hydrogen-bond acceptors (Lipinski definition) is 6. The van der Waals surface area contributed by atoms with Gasteiger partial charge in [0.15, 0.2) is 0 Å². The molecule has 8 heteroatoms. The fourth-order valence-electron chi connectivity index (χ4n) is 4.88. The van der Waals surface area contributed by atoms with Crippen LogP contribution < -0.4 is 20.3 Å². The number of nitrogens with zero attached hydrogens (tertiary/aromatic N) is 4. The summed E-state index contributed by atoms with van der Waals surface area (Å²) in [4.78, 5) is 13.9. The molecule has 3 aromatic rings. The number of fused-ring (bicyclic) bond motifs is 1. The van der Waals surface area contributed by atoms with Crippen LogP contribution in [0.3, 0.4) is 0 Å². The van der Waals surface area contributed by atoms with Crippen LogP contribution in [0.1, 0.15) is 56.6 Å². The molecule has 1 fully saturated rings. The number of ether oxygens (including phenoxy) is 1. The molecule has 2 N–H and O–H groups in total. The molecule has 1 aliphatic carbocycles. The maximum atomic E-state index is 12.3.